The molecule has 0 radical (unpaired) electrons. The molecule has 0 spiro atoms. The second-order valence-corrected chi connectivity index (χ2v) is 4.97. The van der Waals surface area contributed by atoms with Crippen molar-refractivity contribution in [2.45, 2.75) is 20.8 Å². The molecule has 0 atom stereocenters. The average molecular weight is 272 g/mol. The van der Waals surface area contributed by atoms with Gasteiger partial charge in [-0.3, -0.25) is 0 Å². The molecule has 0 amide bonds. The van der Waals surface area contributed by atoms with Gasteiger partial charge < -0.3 is 4.74 Å². The number of nitrogens with zero attached hydrogens (tertiary/aromatic N) is 1. The fourth-order valence-corrected chi connectivity index (χ4v) is 2.34. The zero-order valence-electron chi connectivity index (χ0n) is 11.1. The first-order chi connectivity index (χ1) is 9.02. The summed E-state index contributed by atoms with van der Waals surface area (Å²) in [5.41, 5.74) is 3.68. The van der Waals surface area contributed by atoms with E-state index in [1.54, 1.807) is 18.2 Å². The van der Waals surface area contributed by atoms with Crippen LogP contribution in [0.5, 0.6) is 11.5 Å². The Morgan fingerprint density at radius 2 is 1.68 bits per heavy atom. The van der Waals surface area contributed by atoms with Crippen molar-refractivity contribution in [1.82, 2.24) is 0 Å². The molecule has 0 heterocycles. The Hall–Kier alpha value is -1.98. The van der Waals surface area contributed by atoms with E-state index >= 15 is 0 Å². The van der Waals surface area contributed by atoms with Crippen molar-refractivity contribution in [3.8, 4) is 17.6 Å². The van der Waals surface area contributed by atoms with Crippen LogP contribution in [-0.2, 0) is 0 Å². The molecule has 2 aromatic rings. The molecule has 0 aliphatic heterocycles. The number of para-hydroxylation sites is 1. The number of halogens is 1. The second-order valence-electron chi connectivity index (χ2n) is 4.56. The third-order valence-corrected chi connectivity index (χ3v) is 3.19. The van der Waals surface area contributed by atoms with Crippen LogP contribution in [0, 0.1) is 32.1 Å². The van der Waals surface area contributed by atoms with E-state index in [1.165, 1.54) is 5.56 Å². The molecule has 0 saturated carbocycles. The summed E-state index contributed by atoms with van der Waals surface area (Å²) >= 11 is 6.12. The summed E-state index contributed by atoms with van der Waals surface area (Å²) in [6.45, 7) is 6.01. The van der Waals surface area contributed by atoms with Gasteiger partial charge in [0.1, 0.15) is 11.8 Å². The molecular formula is C16H14ClNO. The van der Waals surface area contributed by atoms with Crippen LogP contribution >= 0.6 is 11.6 Å². The van der Waals surface area contributed by atoms with Crippen molar-refractivity contribution in [3.05, 3.63) is 57.6 Å². The number of ether oxygens (including phenoxy) is 1. The molecule has 2 nitrogen and oxygen atoms in total. The van der Waals surface area contributed by atoms with Crippen LogP contribution in [0.25, 0.3) is 0 Å². The summed E-state index contributed by atoms with van der Waals surface area (Å²) in [6, 6.07) is 11.3. The normalized spacial score (nSPS) is 10.1. The molecule has 0 aliphatic carbocycles. The standard InChI is InChI=1S/C16H14ClNO/c1-10-7-11(2)15(12(3)8-10)19-16-13(9-18)5-4-6-14(16)17/h4-8H,1-3H3. The maximum atomic E-state index is 9.11. The molecule has 0 aliphatic rings. The lowest BCUT2D eigenvalue weighted by Crippen LogP contribution is -1.95. The summed E-state index contributed by atoms with van der Waals surface area (Å²) in [6.07, 6.45) is 0. The van der Waals surface area contributed by atoms with Crippen molar-refractivity contribution < 1.29 is 4.74 Å². The predicted molar refractivity (Wildman–Crippen MR) is 76.9 cm³/mol. The fourth-order valence-electron chi connectivity index (χ4n) is 2.13. The average Bonchev–Trinajstić information content (AvgIpc) is 2.34. The van der Waals surface area contributed by atoms with E-state index in [9.17, 15) is 0 Å². The molecule has 19 heavy (non-hydrogen) atoms. The van der Waals surface area contributed by atoms with Gasteiger partial charge in [0, 0.05) is 0 Å². The van der Waals surface area contributed by atoms with Gasteiger partial charge >= 0.3 is 0 Å². The molecule has 2 aromatic carbocycles. The third kappa shape index (κ3) is 2.72. The SMILES string of the molecule is Cc1cc(C)c(Oc2c(Cl)cccc2C#N)c(C)c1. The van der Waals surface area contributed by atoms with Gasteiger partial charge in [0.2, 0.25) is 0 Å². The Balaban J connectivity index is 2.51. The molecule has 2 rings (SSSR count). The van der Waals surface area contributed by atoms with Crippen LogP contribution in [-0.4, -0.2) is 0 Å². The topological polar surface area (TPSA) is 33.0 Å². The Labute approximate surface area is 118 Å². The Kier molecular flexibility index (Phi) is 3.78. The third-order valence-electron chi connectivity index (χ3n) is 2.90. The molecule has 3 heteroatoms. The maximum absolute atomic E-state index is 9.11. The Morgan fingerprint density at radius 3 is 2.26 bits per heavy atom. The smallest absolute Gasteiger partial charge is 0.163 e. The highest BCUT2D eigenvalue weighted by atomic mass is 35.5. The van der Waals surface area contributed by atoms with Crippen molar-refractivity contribution in [1.29, 1.82) is 5.26 Å². The van der Waals surface area contributed by atoms with E-state index in [0.717, 1.165) is 16.9 Å². The molecule has 0 aromatic heterocycles. The van der Waals surface area contributed by atoms with E-state index in [4.69, 9.17) is 21.6 Å². The molecule has 0 saturated heterocycles. The summed E-state index contributed by atoms with van der Waals surface area (Å²) in [7, 11) is 0. The maximum Gasteiger partial charge on any atom is 0.163 e. The first-order valence-electron chi connectivity index (χ1n) is 5.97. The van der Waals surface area contributed by atoms with Crippen LogP contribution in [0.2, 0.25) is 5.02 Å². The summed E-state index contributed by atoms with van der Waals surface area (Å²) < 4.78 is 5.89. The minimum Gasteiger partial charge on any atom is -0.454 e. The van der Waals surface area contributed by atoms with E-state index in [0.29, 0.717) is 16.3 Å². The Bertz CT molecular complexity index is 648. The number of aryl methyl sites for hydroxylation is 3. The highest BCUT2D eigenvalue weighted by Gasteiger charge is 2.12. The van der Waals surface area contributed by atoms with E-state index < -0.39 is 0 Å². The van der Waals surface area contributed by atoms with Crippen molar-refractivity contribution in [2.24, 2.45) is 0 Å². The van der Waals surface area contributed by atoms with Gasteiger partial charge in [0.15, 0.2) is 5.75 Å². The van der Waals surface area contributed by atoms with Gasteiger partial charge in [-0.05, 0) is 44.0 Å². The van der Waals surface area contributed by atoms with Crippen LogP contribution in [0.3, 0.4) is 0 Å². The summed E-state index contributed by atoms with van der Waals surface area (Å²) in [4.78, 5) is 0. The molecule has 0 bridgehead atoms. The van der Waals surface area contributed by atoms with E-state index in [1.807, 2.05) is 32.9 Å². The minimum absolute atomic E-state index is 0.418. The molecule has 0 N–H and O–H groups in total. The van der Waals surface area contributed by atoms with Crippen LogP contribution in [0.1, 0.15) is 22.3 Å². The van der Waals surface area contributed by atoms with Crippen molar-refractivity contribution >= 4 is 11.6 Å². The van der Waals surface area contributed by atoms with Crippen LogP contribution < -0.4 is 4.74 Å². The fraction of sp³-hybridized carbons (Fsp3) is 0.188. The summed E-state index contributed by atoms with van der Waals surface area (Å²) in [5, 5.41) is 9.56. The molecule has 0 unspecified atom stereocenters. The zero-order valence-corrected chi connectivity index (χ0v) is 11.9. The molecule has 0 fully saturated rings. The quantitative estimate of drug-likeness (QED) is 0.776. The number of nitriles is 1. The van der Waals surface area contributed by atoms with Gasteiger partial charge in [-0.25, -0.2) is 0 Å². The monoisotopic (exact) mass is 271 g/mol. The zero-order chi connectivity index (χ0) is 14.0. The second kappa shape index (κ2) is 5.34. The first-order valence-corrected chi connectivity index (χ1v) is 6.35. The highest BCUT2D eigenvalue weighted by Crippen LogP contribution is 2.36. The van der Waals surface area contributed by atoms with Gasteiger partial charge in [-0.15, -0.1) is 0 Å². The van der Waals surface area contributed by atoms with Gasteiger partial charge in [0.25, 0.3) is 0 Å². The van der Waals surface area contributed by atoms with E-state index in [-0.39, 0.29) is 0 Å². The van der Waals surface area contributed by atoms with Gasteiger partial charge in [-0.2, -0.15) is 5.26 Å². The largest absolute Gasteiger partial charge is 0.454 e. The van der Waals surface area contributed by atoms with Gasteiger partial charge in [0.05, 0.1) is 10.6 Å². The molecule has 96 valence electrons. The Morgan fingerprint density at radius 1 is 1.05 bits per heavy atom. The minimum atomic E-state index is 0.418. The number of rotatable bonds is 2. The molecular weight excluding hydrogens is 258 g/mol. The predicted octanol–water partition coefficient (Wildman–Crippen LogP) is 4.93. The lowest BCUT2D eigenvalue weighted by atomic mass is 10.1. The lowest BCUT2D eigenvalue weighted by Gasteiger charge is -2.14. The van der Waals surface area contributed by atoms with Gasteiger partial charge in [-0.1, -0.05) is 35.4 Å². The van der Waals surface area contributed by atoms with Crippen molar-refractivity contribution in [3.63, 3.8) is 0 Å². The van der Waals surface area contributed by atoms with E-state index in [2.05, 4.69) is 6.07 Å². The number of hydrogen-bond acceptors (Lipinski definition) is 2. The van der Waals surface area contributed by atoms with Crippen LogP contribution in [0.15, 0.2) is 30.3 Å². The summed E-state index contributed by atoms with van der Waals surface area (Å²) in [5.74, 6) is 1.18. The number of benzene rings is 2. The van der Waals surface area contributed by atoms with Crippen LogP contribution in [0.4, 0.5) is 0 Å². The lowest BCUT2D eigenvalue weighted by molar-refractivity contribution is 0.473. The van der Waals surface area contributed by atoms with Crippen molar-refractivity contribution in [2.75, 3.05) is 0 Å². The number of hydrogen-bond donors (Lipinski definition) is 0. The highest BCUT2D eigenvalue weighted by molar-refractivity contribution is 6.32. The first kappa shape index (κ1) is 13.5.